The van der Waals surface area contributed by atoms with E-state index in [1.165, 1.54) is 11.3 Å². The third kappa shape index (κ3) is 2.75. The summed E-state index contributed by atoms with van der Waals surface area (Å²) < 4.78 is 0. The first-order valence-electron chi connectivity index (χ1n) is 5.77. The summed E-state index contributed by atoms with van der Waals surface area (Å²) in [6.45, 7) is 5.21. The fourth-order valence-electron chi connectivity index (χ4n) is 2.20. The number of rotatable bonds is 3. The van der Waals surface area contributed by atoms with E-state index in [1.807, 2.05) is 30.2 Å². The minimum absolute atomic E-state index is 0.331. The molecule has 3 nitrogen and oxygen atoms in total. The number of nitrogens with zero attached hydrogens (tertiary/aromatic N) is 2. The first-order chi connectivity index (χ1) is 7.81. The van der Waals surface area contributed by atoms with Gasteiger partial charge in [0, 0.05) is 49.1 Å². The Morgan fingerprint density at radius 2 is 2.56 bits per heavy atom. The molecule has 0 radical (unpaired) electrons. The summed E-state index contributed by atoms with van der Waals surface area (Å²) in [6, 6.07) is 4.44. The molecule has 0 aliphatic carbocycles. The molecular formula is C12H19N3S. The second-order valence-electron chi connectivity index (χ2n) is 4.21. The van der Waals surface area contributed by atoms with E-state index in [0.717, 1.165) is 13.1 Å². The molecule has 0 amide bonds. The molecule has 2 atom stereocenters. The van der Waals surface area contributed by atoms with Crippen LogP contribution in [0.25, 0.3) is 0 Å². The molecule has 2 N–H and O–H groups in total. The Morgan fingerprint density at radius 1 is 1.69 bits per heavy atom. The minimum atomic E-state index is 0.331. The lowest BCUT2D eigenvalue weighted by Gasteiger charge is -2.36. The van der Waals surface area contributed by atoms with E-state index in [4.69, 9.17) is 5.73 Å². The zero-order valence-electron chi connectivity index (χ0n) is 9.67. The Labute approximate surface area is 101 Å². The van der Waals surface area contributed by atoms with Crippen molar-refractivity contribution in [1.29, 1.82) is 0 Å². The van der Waals surface area contributed by atoms with Crippen molar-refractivity contribution in [2.75, 3.05) is 25.4 Å². The van der Waals surface area contributed by atoms with Gasteiger partial charge in [-0.05, 0) is 11.6 Å². The van der Waals surface area contributed by atoms with Crippen molar-refractivity contribution in [3.05, 3.63) is 30.1 Å². The Kier molecular flexibility index (Phi) is 4.21. The molecule has 0 aromatic carbocycles. The van der Waals surface area contributed by atoms with Crippen molar-refractivity contribution in [2.45, 2.75) is 18.2 Å². The van der Waals surface area contributed by atoms with E-state index in [-0.39, 0.29) is 0 Å². The van der Waals surface area contributed by atoms with Crippen molar-refractivity contribution < 1.29 is 0 Å². The smallest absolute Gasteiger partial charge is 0.0486 e. The quantitative estimate of drug-likeness (QED) is 0.865. The van der Waals surface area contributed by atoms with Crippen molar-refractivity contribution in [2.24, 2.45) is 5.73 Å². The van der Waals surface area contributed by atoms with Crippen LogP contribution < -0.4 is 5.73 Å². The largest absolute Gasteiger partial charge is 0.329 e. The van der Waals surface area contributed by atoms with Crippen LogP contribution >= 0.6 is 11.8 Å². The van der Waals surface area contributed by atoms with Crippen LogP contribution in [0.15, 0.2) is 24.5 Å². The van der Waals surface area contributed by atoms with Crippen molar-refractivity contribution >= 4 is 11.8 Å². The summed E-state index contributed by atoms with van der Waals surface area (Å²) in [7, 11) is 0. The predicted octanol–water partition coefficient (Wildman–Crippen LogP) is 1.52. The highest BCUT2D eigenvalue weighted by Gasteiger charge is 2.24. The van der Waals surface area contributed by atoms with E-state index < -0.39 is 0 Å². The molecule has 0 bridgehead atoms. The van der Waals surface area contributed by atoms with Crippen LogP contribution in [0.3, 0.4) is 0 Å². The van der Waals surface area contributed by atoms with Crippen molar-refractivity contribution in [3.8, 4) is 0 Å². The lowest BCUT2D eigenvalue weighted by Crippen LogP contribution is -2.42. The van der Waals surface area contributed by atoms with Crippen LogP contribution in [0.1, 0.15) is 18.5 Å². The molecule has 2 rings (SSSR count). The second-order valence-corrected chi connectivity index (χ2v) is 5.76. The first kappa shape index (κ1) is 11.9. The molecule has 1 fully saturated rings. The normalized spacial score (nSPS) is 24.2. The maximum Gasteiger partial charge on any atom is 0.0486 e. The average molecular weight is 237 g/mol. The summed E-state index contributed by atoms with van der Waals surface area (Å²) in [4.78, 5) is 6.66. The van der Waals surface area contributed by atoms with Gasteiger partial charge in [0.1, 0.15) is 0 Å². The lowest BCUT2D eigenvalue weighted by molar-refractivity contribution is 0.211. The molecule has 2 unspecified atom stereocenters. The van der Waals surface area contributed by atoms with Gasteiger partial charge in [-0.3, -0.25) is 9.88 Å². The number of thioether (sulfide) groups is 1. The fraction of sp³-hybridized carbons (Fsp3) is 0.583. The summed E-state index contributed by atoms with van der Waals surface area (Å²) in [5.74, 6) is 1.21. The zero-order valence-corrected chi connectivity index (χ0v) is 10.5. The highest BCUT2D eigenvalue weighted by Crippen LogP contribution is 2.26. The summed E-state index contributed by atoms with van der Waals surface area (Å²) in [5.41, 5.74) is 7.14. The third-order valence-corrected chi connectivity index (χ3v) is 4.14. The molecule has 1 aromatic rings. The Bertz CT molecular complexity index is 317. The SMILES string of the molecule is CC1CN(C(CN)c2cccnc2)CCS1. The topological polar surface area (TPSA) is 42.1 Å². The van der Waals surface area contributed by atoms with Gasteiger partial charge in [-0.2, -0.15) is 11.8 Å². The monoisotopic (exact) mass is 237 g/mol. The van der Waals surface area contributed by atoms with Gasteiger partial charge in [0.15, 0.2) is 0 Å². The first-order valence-corrected chi connectivity index (χ1v) is 6.81. The van der Waals surface area contributed by atoms with Crippen LogP contribution in [-0.2, 0) is 0 Å². The molecule has 1 aromatic heterocycles. The van der Waals surface area contributed by atoms with Gasteiger partial charge in [-0.1, -0.05) is 13.0 Å². The van der Waals surface area contributed by atoms with Crippen LogP contribution in [0.2, 0.25) is 0 Å². The molecule has 88 valence electrons. The molecule has 1 aliphatic rings. The number of aromatic nitrogens is 1. The Morgan fingerprint density at radius 3 is 3.19 bits per heavy atom. The number of pyridine rings is 1. The number of hydrogen-bond acceptors (Lipinski definition) is 4. The van der Waals surface area contributed by atoms with E-state index in [1.54, 1.807) is 0 Å². The molecule has 1 saturated heterocycles. The minimum Gasteiger partial charge on any atom is -0.329 e. The summed E-state index contributed by atoms with van der Waals surface area (Å²) in [6.07, 6.45) is 3.75. The standard InChI is InChI=1S/C12H19N3S/c1-10-9-15(5-6-16-10)12(7-13)11-3-2-4-14-8-11/h2-4,8,10,12H,5-7,9,13H2,1H3. The number of nitrogens with two attached hydrogens (primary N) is 1. The third-order valence-electron chi connectivity index (χ3n) is 3.01. The van der Waals surface area contributed by atoms with Gasteiger partial charge in [0.25, 0.3) is 0 Å². The van der Waals surface area contributed by atoms with Gasteiger partial charge in [0.2, 0.25) is 0 Å². The van der Waals surface area contributed by atoms with Crippen LogP contribution in [0.4, 0.5) is 0 Å². The molecule has 16 heavy (non-hydrogen) atoms. The summed E-state index contributed by atoms with van der Waals surface area (Å²) >= 11 is 2.05. The highest BCUT2D eigenvalue weighted by atomic mass is 32.2. The van der Waals surface area contributed by atoms with E-state index >= 15 is 0 Å². The van der Waals surface area contributed by atoms with Crippen LogP contribution in [0.5, 0.6) is 0 Å². The molecule has 2 heterocycles. The second kappa shape index (κ2) is 5.66. The van der Waals surface area contributed by atoms with Crippen LogP contribution in [-0.4, -0.2) is 40.5 Å². The van der Waals surface area contributed by atoms with Crippen LogP contribution in [0, 0.1) is 0 Å². The van der Waals surface area contributed by atoms with Gasteiger partial charge >= 0.3 is 0 Å². The van der Waals surface area contributed by atoms with E-state index in [0.29, 0.717) is 17.8 Å². The average Bonchev–Trinajstić information content (AvgIpc) is 2.31. The molecule has 0 saturated carbocycles. The van der Waals surface area contributed by atoms with Gasteiger partial charge in [-0.15, -0.1) is 0 Å². The molecular weight excluding hydrogens is 218 g/mol. The van der Waals surface area contributed by atoms with Gasteiger partial charge in [-0.25, -0.2) is 0 Å². The van der Waals surface area contributed by atoms with Crippen molar-refractivity contribution in [3.63, 3.8) is 0 Å². The summed E-state index contributed by atoms with van der Waals surface area (Å²) in [5, 5.41) is 0.708. The molecule has 4 heteroatoms. The lowest BCUT2D eigenvalue weighted by atomic mass is 10.1. The van der Waals surface area contributed by atoms with E-state index in [9.17, 15) is 0 Å². The molecule has 0 spiro atoms. The maximum atomic E-state index is 5.90. The Hall–Kier alpha value is -0.580. The number of hydrogen-bond donors (Lipinski definition) is 1. The van der Waals surface area contributed by atoms with Gasteiger partial charge in [0.05, 0.1) is 0 Å². The fourth-order valence-corrected chi connectivity index (χ4v) is 3.24. The zero-order chi connectivity index (χ0) is 11.4. The highest BCUT2D eigenvalue weighted by molar-refractivity contribution is 7.99. The Balaban J connectivity index is 2.10. The van der Waals surface area contributed by atoms with Crippen molar-refractivity contribution in [1.82, 2.24) is 9.88 Å². The van der Waals surface area contributed by atoms with Gasteiger partial charge < -0.3 is 5.73 Å². The maximum absolute atomic E-state index is 5.90. The molecule has 1 aliphatic heterocycles. The predicted molar refractivity (Wildman–Crippen MR) is 69.5 cm³/mol. The van der Waals surface area contributed by atoms with E-state index in [2.05, 4.69) is 22.9 Å².